The molecule has 0 bridgehead atoms. The van der Waals surface area contributed by atoms with Crippen molar-refractivity contribution in [1.82, 2.24) is 0 Å². The van der Waals surface area contributed by atoms with Crippen molar-refractivity contribution in [3.63, 3.8) is 0 Å². The van der Waals surface area contributed by atoms with E-state index in [-0.39, 0.29) is 5.78 Å². The fourth-order valence-corrected chi connectivity index (χ4v) is 2.43. The highest BCUT2D eigenvalue weighted by Crippen LogP contribution is 2.20. The van der Waals surface area contributed by atoms with E-state index < -0.39 is 0 Å². The van der Waals surface area contributed by atoms with Gasteiger partial charge < -0.3 is 0 Å². The lowest BCUT2D eigenvalue weighted by Crippen LogP contribution is -1.92. The van der Waals surface area contributed by atoms with E-state index in [1.54, 1.807) is 36.4 Å². The maximum atomic E-state index is 11.9. The average molecular weight is 322 g/mol. The highest BCUT2D eigenvalue weighted by Gasteiger charge is 2.00. The Kier molecular flexibility index (Phi) is 4.34. The number of ketones is 1. The predicted octanol–water partition coefficient (Wildman–Crippen LogP) is 5.00. The largest absolute Gasteiger partial charge is 0.289 e. The van der Waals surface area contributed by atoms with Crippen molar-refractivity contribution in [1.29, 1.82) is 0 Å². The van der Waals surface area contributed by atoms with Crippen molar-refractivity contribution in [3.8, 4) is 0 Å². The minimum Gasteiger partial charge on any atom is -0.289 e. The molecular formula is C15H10BrClO. The highest BCUT2D eigenvalue weighted by molar-refractivity contribution is 9.10. The van der Waals surface area contributed by atoms with Gasteiger partial charge in [0, 0.05) is 15.1 Å². The van der Waals surface area contributed by atoms with Crippen molar-refractivity contribution < 1.29 is 4.79 Å². The Bertz CT molecular complexity index is 570. The smallest absolute Gasteiger partial charge is 0.185 e. The van der Waals surface area contributed by atoms with E-state index in [4.69, 9.17) is 11.6 Å². The van der Waals surface area contributed by atoms with Crippen LogP contribution in [0.2, 0.25) is 5.02 Å². The number of rotatable bonds is 3. The van der Waals surface area contributed by atoms with Gasteiger partial charge in [-0.25, -0.2) is 0 Å². The monoisotopic (exact) mass is 320 g/mol. The molecule has 2 aromatic carbocycles. The van der Waals surface area contributed by atoms with E-state index in [1.807, 2.05) is 24.3 Å². The van der Waals surface area contributed by atoms with Gasteiger partial charge in [0.05, 0.1) is 0 Å². The van der Waals surface area contributed by atoms with Gasteiger partial charge in [-0.2, -0.15) is 0 Å². The van der Waals surface area contributed by atoms with Crippen LogP contribution in [0.25, 0.3) is 6.08 Å². The van der Waals surface area contributed by atoms with E-state index in [0.29, 0.717) is 10.6 Å². The molecule has 0 unspecified atom stereocenters. The van der Waals surface area contributed by atoms with Gasteiger partial charge in [-0.3, -0.25) is 4.79 Å². The predicted molar refractivity (Wildman–Crippen MR) is 79.0 cm³/mol. The first-order chi connectivity index (χ1) is 8.65. The van der Waals surface area contributed by atoms with Crippen LogP contribution in [0, 0.1) is 0 Å². The number of allylic oxidation sites excluding steroid dienone is 1. The minimum absolute atomic E-state index is 0.0216. The summed E-state index contributed by atoms with van der Waals surface area (Å²) in [6, 6.07) is 14.7. The maximum Gasteiger partial charge on any atom is 0.185 e. The van der Waals surface area contributed by atoms with E-state index >= 15 is 0 Å². The normalized spacial score (nSPS) is 10.8. The maximum absolute atomic E-state index is 11.9. The molecular weight excluding hydrogens is 312 g/mol. The summed E-state index contributed by atoms with van der Waals surface area (Å²) in [6.07, 6.45) is 3.30. The molecule has 0 radical (unpaired) electrons. The second kappa shape index (κ2) is 5.98. The number of hydrogen-bond donors (Lipinski definition) is 0. The van der Waals surface area contributed by atoms with E-state index in [2.05, 4.69) is 15.9 Å². The summed E-state index contributed by atoms with van der Waals surface area (Å²) in [4.78, 5) is 11.9. The minimum atomic E-state index is -0.0216. The molecule has 0 fully saturated rings. The Labute approximate surface area is 119 Å². The molecule has 0 aromatic heterocycles. The first kappa shape index (κ1) is 13.1. The number of hydrogen-bond acceptors (Lipinski definition) is 1. The molecule has 0 saturated heterocycles. The third-order valence-electron chi connectivity index (χ3n) is 2.37. The van der Waals surface area contributed by atoms with Gasteiger partial charge in [0.1, 0.15) is 0 Å². The lowest BCUT2D eigenvalue weighted by molar-refractivity contribution is 0.104. The second-order valence-electron chi connectivity index (χ2n) is 3.77. The number of carbonyl (C=O) groups is 1. The fourth-order valence-electron chi connectivity index (χ4n) is 1.54. The molecule has 2 rings (SSSR count). The number of benzene rings is 2. The topological polar surface area (TPSA) is 17.1 Å². The van der Waals surface area contributed by atoms with Crippen molar-refractivity contribution in [2.75, 3.05) is 0 Å². The van der Waals surface area contributed by atoms with Crippen LogP contribution in [0.4, 0.5) is 0 Å². The molecule has 0 aliphatic carbocycles. The average Bonchev–Trinajstić information content (AvgIpc) is 2.36. The lowest BCUT2D eigenvalue weighted by atomic mass is 10.1. The SMILES string of the molecule is O=C(/C=C/c1cc(Cl)cc(Br)c1)c1ccccc1. The van der Waals surface area contributed by atoms with Crippen molar-refractivity contribution in [3.05, 3.63) is 75.2 Å². The standard InChI is InChI=1S/C15H10BrClO/c16-13-8-11(9-14(17)10-13)6-7-15(18)12-4-2-1-3-5-12/h1-10H/b7-6+. The van der Waals surface area contributed by atoms with Gasteiger partial charge in [0.15, 0.2) is 5.78 Å². The summed E-state index contributed by atoms with van der Waals surface area (Å²) in [5, 5.41) is 0.635. The molecule has 1 nitrogen and oxygen atoms in total. The van der Waals surface area contributed by atoms with Gasteiger partial charge in [0.2, 0.25) is 0 Å². The Morgan fingerprint density at radius 2 is 1.83 bits per heavy atom. The second-order valence-corrected chi connectivity index (χ2v) is 5.12. The number of carbonyl (C=O) groups excluding carboxylic acids is 1. The van der Waals surface area contributed by atoms with E-state index in [0.717, 1.165) is 10.0 Å². The molecule has 0 spiro atoms. The van der Waals surface area contributed by atoms with Gasteiger partial charge in [-0.05, 0) is 29.8 Å². The van der Waals surface area contributed by atoms with Gasteiger partial charge in [0.25, 0.3) is 0 Å². The van der Waals surface area contributed by atoms with Crippen molar-refractivity contribution >= 4 is 39.4 Å². The molecule has 0 N–H and O–H groups in total. The van der Waals surface area contributed by atoms with Crippen LogP contribution in [0.1, 0.15) is 15.9 Å². The van der Waals surface area contributed by atoms with Crippen LogP contribution in [0.15, 0.2) is 59.1 Å². The molecule has 3 heteroatoms. The Morgan fingerprint density at radius 3 is 2.50 bits per heavy atom. The highest BCUT2D eigenvalue weighted by atomic mass is 79.9. The number of halogens is 2. The van der Waals surface area contributed by atoms with Gasteiger partial charge in [-0.15, -0.1) is 0 Å². The summed E-state index contributed by atoms with van der Waals surface area (Å²) in [6.45, 7) is 0. The summed E-state index contributed by atoms with van der Waals surface area (Å²) < 4.78 is 0.891. The first-order valence-corrected chi connectivity index (χ1v) is 6.56. The van der Waals surface area contributed by atoms with E-state index in [9.17, 15) is 4.79 Å². The van der Waals surface area contributed by atoms with E-state index in [1.165, 1.54) is 0 Å². The molecule has 0 atom stereocenters. The third-order valence-corrected chi connectivity index (χ3v) is 3.05. The third kappa shape index (κ3) is 3.56. The first-order valence-electron chi connectivity index (χ1n) is 5.39. The molecule has 18 heavy (non-hydrogen) atoms. The Morgan fingerprint density at radius 1 is 1.11 bits per heavy atom. The summed E-state index contributed by atoms with van der Waals surface area (Å²) in [5.41, 5.74) is 1.56. The van der Waals surface area contributed by atoms with Crippen LogP contribution in [-0.2, 0) is 0 Å². The van der Waals surface area contributed by atoms with Crippen molar-refractivity contribution in [2.45, 2.75) is 0 Å². The van der Waals surface area contributed by atoms with Crippen molar-refractivity contribution in [2.24, 2.45) is 0 Å². The molecule has 0 heterocycles. The van der Waals surface area contributed by atoms with Gasteiger partial charge in [-0.1, -0.05) is 63.9 Å². The van der Waals surface area contributed by atoms with Crippen LogP contribution in [-0.4, -0.2) is 5.78 Å². The zero-order valence-corrected chi connectivity index (χ0v) is 11.8. The summed E-state index contributed by atoms with van der Waals surface area (Å²) in [5.74, 6) is -0.0216. The van der Waals surface area contributed by atoms with Crippen LogP contribution in [0.3, 0.4) is 0 Å². The summed E-state index contributed by atoms with van der Waals surface area (Å²) in [7, 11) is 0. The fraction of sp³-hybridized carbons (Fsp3) is 0. The zero-order chi connectivity index (χ0) is 13.0. The quantitative estimate of drug-likeness (QED) is 0.574. The summed E-state index contributed by atoms with van der Waals surface area (Å²) >= 11 is 9.30. The molecule has 0 aliphatic rings. The molecule has 0 amide bonds. The molecule has 0 saturated carbocycles. The van der Waals surface area contributed by atoms with Crippen LogP contribution >= 0.6 is 27.5 Å². The molecule has 2 aromatic rings. The molecule has 90 valence electrons. The Balaban J connectivity index is 2.18. The zero-order valence-electron chi connectivity index (χ0n) is 9.44. The lowest BCUT2D eigenvalue weighted by Gasteiger charge is -1.98. The Hall–Kier alpha value is -1.38. The van der Waals surface area contributed by atoms with Crippen LogP contribution < -0.4 is 0 Å². The van der Waals surface area contributed by atoms with Gasteiger partial charge >= 0.3 is 0 Å². The van der Waals surface area contributed by atoms with Crippen LogP contribution in [0.5, 0.6) is 0 Å². The molecule has 0 aliphatic heterocycles.